The van der Waals surface area contributed by atoms with Gasteiger partial charge >= 0.3 is 0 Å². The van der Waals surface area contributed by atoms with E-state index in [2.05, 4.69) is 34.9 Å². The van der Waals surface area contributed by atoms with Crippen LogP contribution >= 0.6 is 0 Å². The summed E-state index contributed by atoms with van der Waals surface area (Å²) in [5.41, 5.74) is 6.82. The molecular formula is C28H30N4O2. The zero-order valence-electron chi connectivity index (χ0n) is 20.0. The van der Waals surface area contributed by atoms with Gasteiger partial charge in [-0.1, -0.05) is 24.3 Å². The fourth-order valence-electron chi connectivity index (χ4n) is 5.55. The van der Waals surface area contributed by atoms with Gasteiger partial charge in [0.25, 0.3) is 0 Å². The van der Waals surface area contributed by atoms with Crippen molar-refractivity contribution in [2.45, 2.75) is 51.6 Å². The molecule has 1 amide bonds. The first-order chi connectivity index (χ1) is 16.5. The van der Waals surface area contributed by atoms with E-state index >= 15 is 0 Å². The third kappa shape index (κ3) is 3.91. The van der Waals surface area contributed by atoms with E-state index in [9.17, 15) is 10.1 Å². The van der Waals surface area contributed by atoms with Gasteiger partial charge in [0, 0.05) is 49.5 Å². The molecule has 6 heteroatoms. The lowest BCUT2D eigenvalue weighted by Gasteiger charge is -2.30. The predicted molar refractivity (Wildman–Crippen MR) is 132 cm³/mol. The quantitative estimate of drug-likeness (QED) is 0.544. The van der Waals surface area contributed by atoms with Crippen molar-refractivity contribution in [1.29, 1.82) is 5.26 Å². The van der Waals surface area contributed by atoms with E-state index in [-0.39, 0.29) is 18.0 Å². The molecule has 5 rings (SSSR count). The number of likely N-dealkylation sites (N-methyl/N-ethyl adjacent to an activating group) is 1. The number of pyridine rings is 1. The highest BCUT2D eigenvalue weighted by atomic mass is 16.5. The van der Waals surface area contributed by atoms with Crippen molar-refractivity contribution in [1.82, 2.24) is 14.5 Å². The molecule has 2 aliphatic rings. The summed E-state index contributed by atoms with van der Waals surface area (Å²) in [5, 5.41) is 11.1. The number of amides is 1. The van der Waals surface area contributed by atoms with Crippen molar-refractivity contribution >= 4 is 23.0 Å². The highest BCUT2D eigenvalue weighted by molar-refractivity contribution is 5.96. The van der Waals surface area contributed by atoms with Crippen LogP contribution in [0.5, 0.6) is 0 Å². The Bertz CT molecular complexity index is 1300. The summed E-state index contributed by atoms with van der Waals surface area (Å²) < 4.78 is 7.64. The Morgan fingerprint density at radius 1 is 1.21 bits per heavy atom. The van der Waals surface area contributed by atoms with Gasteiger partial charge in [0.05, 0.1) is 11.3 Å². The number of nitriles is 1. The Morgan fingerprint density at radius 3 is 2.53 bits per heavy atom. The van der Waals surface area contributed by atoms with Gasteiger partial charge < -0.3 is 14.2 Å². The summed E-state index contributed by atoms with van der Waals surface area (Å²) in [6.45, 7) is 5.39. The highest BCUT2D eigenvalue weighted by Gasteiger charge is 2.29. The maximum Gasteiger partial charge on any atom is 0.246 e. The Hall–Kier alpha value is -3.43. The van der Waals surface area contributed by atoms with Gasteiger partial charge in [-0.15, -0.1) is 0 Å². The van der Waals surface area contributed by atoms with Gasteiger partial charge in [-0.05, 0) is 68.4 Å². The molecule has 174 valence electrons. The second-order valence-electron chi connectivity index (χ2n) is 9.48. The Labute approximate surface area is 200 Å². The first-order valence-corrected chi connectivity index (χ1v) is 12.0. The van der Waals surface area contributed by atoms with Gasteiger partial charge in [-0.3, -0.25) is 4.79 Å². The van der Waals surface area contributed by atoms with Crippen molar-refractivity contribution in [3.63, 3.8) is 0 Å². The number of benzene rings is 1. The summed E-state index contributed by atoms with van der Waals surface area (Å²) in [5.74, 6) is -0.0526. The molecule has 6 nitrogen and oxygen atoms in total. The molecule has 1 aromatic carbocycles. The minimum Gasteiger partial charge on any atom is -0.381 e. The lowest BCUT2D eigenvalue weighted by Crippen LogP contribution is -2.39. The molecule has 0 unspecified atom stereocenters. The van der Waals surface area contributed by atoms with Crippen molar-refractivity contribution in [3.8, 4) is 6.07 Å². The number of nitrogens with zero attached hydrogens (tertiary/aromatic N) is 4. The number of fused-ring (bicyclic) bond motifs is 2. The molecule has 1 aliphatic carbocycles. The average Bonchev–Trinajstić information content (AvgIpc) is 3.40. The second kappa shape index (κ2) is 9.08. The van der Waals surface area contributed by atoms with Crippen molar-refractivity contribution in [2.24, 2.45) is 0 Å². The first kappa shape index (κ1) is 22.4. The molecule has 0 spiro atoms. The number of aryl methyl sites for hydroxylation is 2. The number of aromatic nitrogens is 2. The van der Waals surface area contributed by atoms with E-state index in [1.165, 1.54) is 11.1 Å². The molecule has 2 aromatic heterocycles. The third-order valence-electron chi connectivity index (χ3n) is 7.30. The molecule has 0 saturated carbocycles. The minimum atomic E-state index is -0.0526. The predicted octanol–water partition coefficient (Wildman–Crippen LogP) is 4.52. The summed E-state index contributed by atoms with van der Waals surface area (Å²) in [6, 6.07) is 13.3. The largest absolute Gasteiger partial charge is 0.381 e. The average molecular weight is 455 g/mol. The number of hydrogen-bond acceptors (Lipinski definition) is 4. The minimum absolute atomic E-state index is 0.0526. The zero-order valence-corrected chi connectivity index (χ0v) is 20.0. The number of hydrogen-bond donors (Lipinski definition) is 0. The summed E-state index contributed by atoms with van der Waals surface area (Å²) in [7, 11) is 1.85. The zero-order chi connectivity index (χ0) is 23.8. The fraction of sp³-hybridized carbons (Fsp3) is 0.393. The highest BCUT2D eigenvalue weighted by Crippen LogP contribution is 2.37. The molecule has 3 heterocycles. The third-order valence-corrected chi connectivity index (χ3v) is 7.30. The molecule has 3 aromatic rings. The second-order valence-corrected chi connectivity index (χ2v) is 9.48. The van der Waals surface area contributed by atoms with Gasteiger partial charge in [-0.25, -0.2) is 4.98 Å². The van der Waals surface area contributed by atoms with Crippen LogP contribution in [0.1, 0.15) is 52.5 Å². The van der Waals surface area contributed by atoms with Crippen LogP contribution in [0.25, 0.3) is 17.1 Å². The lowest BCUT2D eigenvalue weighted by atomic mass is 10.1. The standard InChI is InChI=1S/C28H30N4O2/c1-18-14-19(2)30-28-27(18)24(17-29)25(8-9-26(33)31(3)22-10-12-34-13-11-22)32(28)23-15-20-6-4-5-7-21(20)16-23/h4-9,14,22-23H,10-13,15-16H2,1-3H3. The monoisotopic (exact) mass is 454 g/mol. The molecule has 0 N–H and O–H groups in total. The number of carbonyl (C=O) groups is 1. The van der Waals surface area contributed by atoms with E-state index < -0.39 is 0 Å². The molecule has 1 aliphatic heterocycles. The molecule has 1 saturated heterocycles. The molecule has 1 fully saturated rings. The summed E-state index contributed by atoms with van der Waals surface area (Å²) in [6.07, 6.45) is 6.92. The van der Waals surface area contributed by atoms with E-state index in [0.29, 0.717) is 18.8 Å². The smallest absolute Gasteiger partial charge is 0.246 e. The van der Waals surface area contributed by atoms with E-state index in [0.717, 1.165) is 53.7 Å². The van der Waals surface area contributed by atoms with Crippen LogP contribution in [0.15, 0.2) is 36.4 Å². The molecule has 0 bridgehead atoms. The number of ether oxygens (including phenoxy) is 1. The van der Waals surface area contributed by atoms with Crippen molar-refractivity contribution < 1.29 is 9.53 Å². The topological polar surface area (TPSA) is 71.2 Å². The van der Waals surface area contributed by atoms with Gasteiger partial charge in [0.15, 0.2) is 0 Å². The van der Waals surface area contributed by atoms with E-state index in [1.54, 1.807) is 11.0 Å². The first-order valence-electron chi connectivity index (χ1n) is 12.0. The lowest BCUT2D eigenvalue weighted by molar-refractivity contribution is -0.128. The molecule has 0 atom stereocenters. The Kier molecular flexibility index (Phi) is 5.97. The molecule has 34 heavy (non-hydrogen) atoms. The van der Waals surface area contributed by atoms with Crippen LogP contribution in [0.2, 0.25) is 0 Å². The SMILES string of the molecule is Cc1cc(C)c2c(C#N)c(C=CC(=O)N(C)C3CCOCC3)n(C3Cc4ccccc4C3)c2n1. The van der Waals surface area contributed by atoms with Crippen molar-refractivity contribution in [2.75, 3.05) is 20.3 Å². The Balaban J connectivity index is 1.59. The summed E-state index contributed by atoms with van der Waals surface area (Å²) >= 11 is 0. The molecule has 0 radical (unpaired) electrons. The van der Waals surface area contributed by atoms with E-state index in [4.69, 9.17) is 9.72 Å². The van der Waals surface area contributed by atoms with Crippen molar-refractivity contribution in [3.05, 3.63) is 70.0 Å². The van der Waals surface area contributed by atoms with Crippen LogP contribution in [-0.4, -0.2) is 46.7 Å². The van der Waals surface area contributed by atoms with E-state index in [1.807, 2.05) is 33.0 Å². The van der Waals surface area contributed by atoms with Crippen LogP contribution in [0.4, 0.5) is 0 Å². The van der Waals surface area contributed by atoms with Gasteiger partial charge in [0.2, 0.25) is 5.91 Å². The normalized spacial score (nSPS) is 16.8. The number of carbonyl (C=O) groups excluding carboxylic acids is 1. The fourth-order valence-corrected chi connectivity index (χ4v) is 5.55. The molecular weight excluding hydrogens is 424 g/mol. The van der Waals surface area contributed by atoms with Crippen LogP contribution < -0.4 is 0 Å². The van der Waals surface area contributed by atoms with Crippen LogP contribution in [-0.2, 0) is 22.4 Å². The maximum atomic E-state index is 13.1. The van der Waals surface area contributed by atoms with Crippen LogP contribution in [0.3, 0.4) is 0 Å². The van der Waals surface area contributed by atoms with Gasteiger partial charge in [0.1, 0.15) is 11.7 Å². The van der Waals surface area contributed by atoms with Crippen LogP contribution in [0, 0.1) is 25.2 Å². The number of rotatable bonds is 4. The van der Waals surface area contributed by atoms with Gasteiger partial charge in [-0.2, -0.15) is 5.26 Å². The maximum absolute atomic E-state index is 13.1. The Morgan fingerprint density at radius 2 is 1.88 bits per heavy atom. The summed E-state index contributed by atoms with van der Waals surface area (Å²) in [4.78, 5) is 19.7.